The number of rotatable bonds is 8. The van der Waals surface area contributed by atoms with Crippen molar-refractivity contribution in [1.82, 2.24) is 0 Å². The minimum Gasteiger partial charge on any atom is -0.379 e. The molecule has 0 radical (unpaired) electrons. The first kappa shape index (κ1) is 16.8. The number of hydrogen-bond acceptors (Lipinski definition) is 6. The molecule has 0 spiro atoms. The molecular weight excluding hydrogens is 300 g/mol. The third-order valence-corrected chi connectivity index (χ3v) is 4.49. The van der Waals surface area contributed by atoms with Crippen LogP contribution >= 0.6 is 11.8 Å². The van der Waals surface area contributed by atoms with Crippen LogP contribution in [0, 0.1) is 10.1 Å². The van der Waals surface area contributed by atoms with Gasteiger partial charge < -0.3 is 5.32 Å². The number of nitrogens with zero attached hydrogens (tertiary/aromatic N) is 1. The van der Waals surface area contributed by atoms with Crippen LogP contribution in [0.5, 0.6) is 0 Å². The number of nitro benzene ring substituents is 1. The van der Waals surface area contributed by atoms with Gasteiger partial charge >= 0.3 is 0 Å². The van der Waals surface area contributed by atoms with Gasteiger partial charge in [0, 0.05) is 18.9 Å². The van der Waals surface area contributed by atoms with Gasteiger partial charge in [0.1, 0.15) is 5.69 Å². The summed E-state index contributed by atoms with van der Waals surface area (Å²) in [6.07, 6.45) is 5.00. The van der Waals surface area contributed by atoms with E-state index in [4.69, 9.17) is 0 Å². The zero-order chi connectivity index (χ0) is 15.2. The maximum absolute atomic E-state index is 11.4. The van der Waals surface area contributed by atoms with Crippen molar-refractivity contribution in [2.75, 3.05) is 30.1 Å². The fourth-order valence-electron chi connectivity index (χ4n) is 1.64. The molecule has 0 aliphatic carbocycles. The summed E-state index contributed by atoms with van der Waals surface area (Å²) in [5, 5.41) is 14.0. The second-order valence-corrected chi connectivity index (χ2v) is 7.34. The van der Waals surface area contributed by atoms with Gasteiger partial charge in [0.25, 0.3) is 5.69 Å². The van der Waals surface area contributed by atoms with Crippen LogP contribution in [0.3, 0.4) is 0 Å². The predicted molar refractivity (Wildman–Crippen MR) is 82.3 cm³/mol. The number of hydrogen-bond donors (Lipinski definition) is 1. The average molecular weight is 318 g/mol. The normalized spacial score (nSPS) is 11.3. The van der Waals surface area contributed by atoms with E-state index in [9.17, 15) is 18.5 Å². The molecule has 0 unspecified atom stereocenters. The molecule has 0 saturated heterocycles. The van der Waals surface area contributed by atoms with Crippen LogP contribution < -0.4 is 5.32 Å². The summed E-state index contributed by atoms with van der Waals surface area (Å²) in [5.74, 6) is 1.05. The number of thioether (sulfide) groups is 1. The second-order valence-electron chi connectivity index (χ2n) is 4.33. The molecule has 1 aromatic carbocycles. The fourth-order valence-corrected chi connectivity index (χ4v) is 2.77. The average Bonchev–Trinajstić information content (AvgIpc) is 2.37. The molecule has 8 heteroatoms. The molecule has 0 atom stereocenters. The van der Waals surface area contributed by atoms with Gasteiger partial charge in [-0.05, 0) is 37.0 Å². The summed E-state index contributed by atoms with van der Waals surface area (Å²) in [6.45, 7) is 0.625. The predicted octanol–water partition coefficient (Wildman–Crippen LogP) is 2.55. The van der Waals surface area contributed by atoms with Crippen molar-refractivity contribution in [1.29, 1.82) is 0 Å². The molecule has 1 N–H and O–H groups in total. The number of anilines is 1. The summed E-state index contributed by atoms with van der Waals surface area (Å²) >= 11 is 1.76. The number of nitrogens with one attached hydrogen (secondary N) is 1. The molecule has 112 valence electrons. The Morgan fingerprint density at radius 3 is 2.60 bits per heavy atom. The molecule has 0 fully saturated rings. The Balaban J connectivity index is 2.83. The van der Waals surface area contributed by atoms with E-state index in [1.54, 1.807) is 11.8 Å². The van der Waals surface area contributed by atoms with Crippen molar-refractivity contribution in [3.63, 3.8) is 0 Å². The summed E-state index contributed by atoms with van der Waals surface area (Å²) < 4.78 is 22.8. The Hall–Kier alpha value is -1.28. The molecule has 0 aliphatic rings. The van der Waals surface area contributed by atoms with E-state index < -0.39 is 14.8 Å². The monoisotopic (exact) mass is 318 g/mol. The van der Waals surface area contributed by atoms with Crippen LogP contribution in [0.2, 0.25) is 0 Å². The van der Waals surface area contributed by atoms with Gasteiger partial charge in [-0.1, -0.05) is 0 Å². The molecule has 20 heavy (non-hydrogen) atoms. The summed E-state index contributed by atoms with van der Waals surface area (Å²) in [7, 11) is -3.44. The molecule has 0 aromatic heterocycles. The van der Waals surface area contributed by atoms with Gasteiger partial charge in [0.05, 0.1) is 9.82 Å². The molecule has 1 aromatic rings. The topological polar surface area (TPSA) is 89.3 Å². The summed E-state index contributed by atoms with van der Waals surface area (Å²) in [4.78, 5) is 10.4. The third kappa shape index (κ3) is 5.01. The highest BCUT2D eigenvalue weighted by atomic mass is 32.2. The Labute approximate surface area is 123 Å². The van der Waals surface area contributed by atoms with Crippen molar-refractivity contribution in [3.05, 3.63) is 28.3 Å². The van der Waals surface area contributed by atoms with Gasteiger partial charge in [-0.25, -0.2) is 8.42 Å². The molecule has 1 rings (SSSR count). The van der Waals surface area contributed by atoms with Gasteiger partial charge in [-0.3, -0.25) is 10.1 Å². The second kappa shape index (κ2) is 7.49. The first-order valence-electron chi connectivity index (χ1n) is 6.07. The molecule has 0 heterocycles. The van der Waals surface area contributed by atoms with Crippen molar-refractivity contribution in [3.8, 4) is 0 Å². The van der Waals surface area contributed by atoms with Crippen molar-refractivity contribution < 1.29 is 13.3 Å². The number of unbranched alkanes of at least 4 members (excludes halogenated alkanes) is 1. The molecule has 0 saturated carbocycles. The molecular formula is C12H18N2O4S2. The molecule has 0 amide bonds. The third-order valence-electron chi connectivity index (χ3n) is 2.68. The Kier molecular flexibility index (Phi) is 6.28. The van der Waals surface area contributed by atoms with E-state index >= 15 is 0 Å². The van der Waals surface area contributed by atoms with Crippen LogP contribution in [0.1, 0.15) is 12.8 Å². The van der Waals surface area contributed by atoms with Gasteiger partial charge in [-0.2, -0.15) is 11.8 Å². The largest absolute Gasteiger partial charge is 0.379 e. The highest BCUT2D eigenvalue weighted by molar-refractivity contribution is 7.98. The fraction of sp³-hybridized carbons (Fsp3) is 0.500. The Morgan fingerprint density at radius 1 is 1.35 bits per heavy atom. The highest BCUT2D eigenvalue weighted by Gasteiger charge is 2.18. The standard InChI is InChI=1S/C12H18N2O4S2/c1-19-8-4-3-7-13-11-6-5-10(20(2,17)18)9-12(11)14(15)16/h5-6,9,13H,3-4,7-8H2,1-2H3. The van der Waals surface area contributed by atoms with Crippen LogP contribution in [-0.2, 0) is 9.84 Å². The number of sulfone groups is 1. The van der Waals surface area contributed by atoms with Crippen molar-refractivity contribution in [2.24, 2.45) is 0 Å². The zero-order valence-electron chi connectivity index (χ0n) is 11.5. The van der Waals surface area contributed by atoms with Crippen LogP contribution in [0.15, 0.2) is 23.1 Å². The van der Waals surface area contributed by atoms with E-state index in [1.807, 2.05) is 6.26 Å². The summed E-state index contributed by atoms with van der Waals surface area (Å²) in [5.41, 5.74) is 0.143. The summed E-state index contributed by atoms with van der Waals surface area (Å²) in [6, 6.07) is 3.93. The molecule has 6 nitrogen and oxygen atoms in total. The molecule has 0 aliphatic heterocycles. The first-order chi connectivity index (χ1) is 9.36. The maximum Gasteiger partial charge on any atom is 0.293 e. The van der Waals surface area contributed by atoms with Gasteiger partial charge in [0.15, 0.2) is 9.84 Å². The first-order valence-corrected chi connectivity index (χ1v) is 9.36. The lowest BCUT2D eigenvalue weighted by Gasteiger charge is -2.08. The Morgan fingerprint density at radius 2 is 2.05 bits per heavy atom. The van der Waals surface area contributed by atoms with E-state index in [0.717, 1.165) is 30.9 Å². The Bertz CT molecular complexity index is 573. The minimum atomic E-state index is -3.44. The van der Waals surface area contributed by atoms with Crippen LogP contribution in [-0.4, -0.2) is 38.2 Å². The number of benzene rings is 1. The highest BCUT2D eigenvalue weighted by Crippen LogP contribution is 2.27. The van der Waals surface area contributed by atoms with Gasteiger partial charge in [-0.15, -0.1) is 0 Å². The smallest absolute Gasteiger partial charge is 0.293 e. The molecule has 0 bridgehead atoms. The lowest BCUT2D eigenvalue weighted by molar-refractivity contribution is -0.384. The van der Waals surface area contributed by atoms with E-state index in [-0.39, 0.29) is 10.6 Å². The van der Waals surface area contributed by atoms with Crippen LogP contribution in [0.25, 0.3) is 0 Å². The lowest BCUT2D eigenvalue weighted by atomic mass is 10.2. The zero-order valence-corrected chi connectivity index (χ0v) is 13.1. The minimum absolute atomic E-state index is 0.0443. The van der Waals surface area contributed by atoms with E-state index in [1.165, 1.54) is 12.1 Å². The SMILES string of the molecule is CSCCCCNc1ccc(S(C)(=O)=O)cc1[N+](=O)[O-]. The lowest BCUT2D eigenvalue weighted by Crippen LogP contribution is -2.06. The van der Waals surface area contributed by atoms with E-state index in [0.29, 0.717) is 12.2 Å². The van der Waals surface area contributed by atoms with Crippen molar-refractivity contribution in [2.45, 2.75) is 17.7 Å². The number of nitro groups is 1. The van der Waals surface area contributed by atoms with Gasteiger partial charge in [0.2, 0.25) is 0 Å². The van der Waals surface area contributed by atoms with Crippen LogP contribution in [0.4, 0.5) is 11.4 Å². The maximum atomic E-state index is 11.4. The van der Waals surface area contributed by atoms with E-state index in [2.05, 4.69) is 5.32 Å². The quantitative estimate of drug-likeness (QED) is 0.450. The van der Waals surface area contributed by atoms with Crippen molar-refractivity contribution >= 4 is 33.0 Å².